The van der Waals surface area contributed by atoms with E-state index in [1.165, 1.54) is 25.3 Å². The lowest BCUT2D eigenvalue weighted by Gasteiger charge is -2.16. The van der Waals surface area contributed by atoms with Crippen molar-refractivity contribution < 1.29 is 14.6 Å². The molecule has 0 spiro atoms. The van der Waals surface area contributed by atoms with E-state index in [0.717, 1.165) is 0 Å². The number of hydrogen-bond donors (Lipinski definition) is 3. The Morgan fingerprint density at radius 1 is 1.67 bits per heavy atom. The van der Waals surface area contributed by atoms with Crippen molar-refractivity contribution >= 4 is 40.5 Å². The number of hydrogen-bond acceptors (Lipinski definition) is 5. The van der Waals surface area contributed by atoms with Crippen molar-refractivity contribution in [2.45, 2.75) is 6.04 Å². The quantitative estimate of drug-likeness (QED) is 0.568. The lowest BCUT2D eigenvalue weighted by atomic mass is 10.2. The van der Waals surface area contributed by atoms with Gasteiger partial charge in [-0.25, -0.2) is 0 Å². The molecular weight excluding hydrogens is 276 g/mol. The van der Waals surface area contributed by atoms with Crippen LogP contribution in [-0.2, 0) is 4.74 Å². The number of benzene rings is 1. The maximum Gasteiger partial charge on any atom is 0.252 e. The molecule has 18 heavy (non-hydrogen) atoms. The Morgan fingerprint density at radius 3 is 2.83 bits per heavy atom. The van der Waals surface area contributed by atoms with Crippen LogP contribution in [0.1, 0.15) is 10.4 Å². The van der Waals surface area contributed by atoms with Crippen LogP contribution in [0.3, 0.4) is 0 Å². The van der Waals surface area contributed by atoms with E-state index in [0.29, 0.717) is 11.3 Å². The Labute approximate surface area is 115 Å². The van der Waals surface area contributed by atoms with Crippen molar-refractivity contribution in [2.75, 3.05) is 19.5 Å². The lowest BCUT2D eigenvalue weighted by Crippen LogP contribution is -2.43. The molecule has 1 aromatic carbocycles. The summed E-state index contributed by atoms with van der Waals surface area (Å²) in [5, 5.41) is 12.0. The number of carbonyl (C=O) groups excluding carboxylic acids is 1. The topological polar surface area (TPSA) is 84.6 Å². The number of amides is 1. The standard InChI is InChI=1S/C11H13ClN2O3S/c1-17-11(18)9(5-15)14-10(16)6-2-3-8(13)7(12)4-6/h2-4,9,15H,5,13H2,1H3,(H,14,16)/t9-/m0/s1. The molecule has 0 heterocycles. The molecule has 0 saturated carbocycles. The summed E-state index contributed by atoms with van der Waals surface area (Å²) in [7, 11) is 1.37. The summed E-state index contributed by atoms with van der Waals surface area (Å²) in [6.07, 6.45) is 0. The van der Waals surface area contributed by atoms with E-state index in [2.05, 4.69) is 5.32 Å². The van der Waals surface area contributed by atoms with E-state index >= 15 is 0 Å². The van der Waals surface area contributed by atoms with E-state index < -0.39 is 11.9 Å². The van der Waals surface area contributed by atoms with Crippen LogP contribution in [0.5, 0.6) is 0 Å². The summed E-state index contributed by atoms with van der Waals surface area (Å²) in [6.45, 7) is -0.346. The van der Waals surface area contributed by atoms with Gasteiger partial charge < -0.3 is 20.9 Å². The van der Waals surface area contributed by atoms with Crippen molar-refractivity contribution in [3.05, 3.63) is 28.8 Å². The van der Waals surface area contributed by atoms with Gasteiger partial charge in [0.15, 0.2) is 5.05 Å². The predicted octanol–water partition coefficient (Wildman–Crippen LogP) is 0.987. The Balaban J connectivity index is 2.81. The fraction of sp³-hybridized carbons (Fsp3) is 0.273. The zero-order valence-corrected chi connectivity index (χ0v) is 11.2. The predicted molar refractivity (Wildman–Crippen MR) is 73.8 cm³/mol. The number of aliphatic hydroxyl groups is 1. The van der Waals surface area contributed by atoms with Crippen molar-refractivity contribution in [1.29, 1.82) is 0 Å². The number of ether oxygens (including phenoxy) is 1. The van der Waals surface area contributed by atoms with E-state index in [-0.39, 0.29) is 16.7 Å². The summed E-state index contributed by atoms with van der Waals surface area (Å²) in [5.74, 6) is -0.421. The van der Waals surface area contributed by atoms with Gasteiger partial charge in [-0.05, 0) is 30.4 Å². The minimum atomic E-state index is -0.742. The highest BCUT2D eigenvalue weighted by Crippen LogP contribution is 2.19. The number of anilines is 1. The van der Waals surface area contributed by atoms with Gasteiger partial charge in [0.05, 0.1) is 24.4 Å². The molecule has 0 fully saturated rings. The van der Waals surface area contributed by atoms with Gasteiger partial charge in [-0.3, -0.25) is 4.79 Å². The molecule has 0 saturated heterocycles. The Bertz CT molecular complexity index is 468. The van der Waals surface area contributed by atoms with Crippen LogP contribution in [0, 0.1) is 0 Å². The highest BCUT2D eigenvalue weighted by atomic mass is 35.5. The third-order valence-corrected chi connectivity index (χ3v) is 3.01. The molecule has 4 N–H and O–H groups in total. The Hall–Kier alpha value is -1.37. The van der Waals surface area contributed by atoms with Gasteiger partial charge in [-0.1, -0.05) is 11.6 Å². The fourth-order valence-electron chi connectivity index (χ4n) is 1.23. The molecule has 1 amide bonds. The molecule has 0 radical (unpaired) electrons. The largest absolute Gasteiger partial charge is 0.488 e. The van der Waals surface area contributed by atoms with E-state index in [9.17, 15) is 4.79 Å². The van der Waals surface area contributed by atoms with Crippen molar-refractivity contribution in [1.82, 2.24) is 5.32 Å². The first-order valence-corrected chi connectivity index (χ1v) is 5.82. The number of nitrogens with one attached hydrogen (secondary N) is 1. The average Bonchev–Trinajstić information content (AvgIpc) is 2.37. The van der Waals surface area contributed by atoms with Crippen LogP contribution in [-0.4, -0.2) is 35.8 Å². The maximum absolute atomic E-state index is 11.9. The van der Waals surface area contributed by atoms with Gasteiger partial charge in [0.25, 0.3) is 5.91 Å². The van der Waals surface area contributed by atoms with Crippen LogP contribution < -0.4 is 11.1 Å². The van der Waals surface area contributed by atoms with Crippen LogP contribution in [0.2, 0.25) is 5.02 Å². The van der Waals surface area contributed by atoms with E-state index in [4.69, 9.17) is 39.4 Å². The number of methoxy groups -OCH3 is 1. The smallest absolute Gasteiger partial charge is 0.252 e. The molecule has 7 heteroatoms. The summed E-state index contributed by atoms with van der Waals surface area (Å²) in [4.78, 5) is 11.9. The summed E-state index contributed by atoms with van der Waals surface area (Å²) >= 11 is 10.7. The zero-order valence-electron chi connectivity index (χ0n) is 9.64. The maximum atomic E-state index is 11.9. The summed E-state index contributed by atoms with van der Waals surface area (Å²) in [5.41, 5.74) is 6.26. The molecular formula is C11H13ClN2O3S. The van der Waals surface area contributed by atoms with Gasteiger partial charge in [0, 0.05) is 5.56 Å². The van der Waals surface area contributed by atoms with Gasteiger partial charge in [-0.15, -0.1) is 0 Å². The lowest BCUT2D eigenvalue weighted by molar-refractivity contribution is 0.0929. The minimum Gasteiger partial charge on any atom is -0.488 e. The van der Waals surface area contributed by atoms with Crippen molar-refractivity contribution in [3.8, 4) is 0 Å². The first kappa shape index (κ1) is 14.7. The second kappa shape index (κ2) is 6.53. The molecule has 98 valence electrons. The summed E-state index contributed by atoms with van der Waals surface area (Å²) < 4.78 is 4.79. The third-order valence-electron chi connectivity index (χ3n) is 2.24. The average molecular weight is 289 g/mol. The van der Waals surface area contributed by atoms with Crippen LogP contribution >= 0.6 is 23.8 Å². The Morgan fingerprint density at radius 2 is 2.33 bits per heavy atom. The molecule has 0 aliphatic rings. The van der Waals surface area contributed by atoms with Gasteiger partial charge >= 0.3 is 0 Å². The first-order chi connectivity index (χ1) is 8.49. The third kappa shape index (κ3) is 3.56. The van der Waals surface area contributed by atoms with E-state index in [1.54, 1.807) is 0 Å². The molecule has 0 aromatic heterocycles. The molecule has 1 aromatic rings. The number of carbonyl (C=O) groups is 1. The normalized spacial score (nSPS) is 11.7. The van der Waals surface area contributed by atoms with E-state index in [1.807, 2.05) is 0 Å². The second-order valence-corrected chi connectivity index (χ2v) is 4.28. The van der Waals surface area contributed by atoms with Crippen molar-refractivity contribution in [2.24, 2.45) is 0 Å². The van der Waals surface area contributed by atoms with Crippen molar-refractivity contribution in [3.63, 3.8) is 0 Å². The van der Waals surface area contributed by atoms with Crippen LogP contribution in [0.4, 0.5) is 5.69 Å². The number of halogens is 1. The van der Waals surface area contributed by atoms with Gasteiger partial charge in [-0.2, -0.15) is 0 Å². The fourth-order valence-corrected chi connectivity index (χ4v) is 1.55. The number of aliphatic hydroxyl groups excluding tert-OH is 1. The molecule has 1 atom stereocenters. The molecule has 0 bridgehead atoms. The molecule has 5 nitrogen and oxygen atoms in total. The SMILES string of the molecule is COC(=S)[C@H](CO)NC(=O)c1ccc(N)c(Cl)c1. The highest BCUT2D eigenvalue weighted by molar-refractivity contribution is 7.80. The molecule has 0 aliphatic heterocycles. The zero-order chi connectivity index (χ0) is 13.7. The Kier molecular flexibility index (Phi) is 5.33. The van der Waals surface area contributed by atoms with Crippen LogP contribution in [0.25, 0.3) is 0 Å². The number of nitrogen functional groups attached to an aromatic ring is 1. The first-order valence-electron chi connectivity index (χ1n) is 5.04. The minimum absolute atomic E-state index is 0.104. The number of thiocarbonyl (C=S) groups is 1. The number of nitrogens with two attached hydrogens (primary N) is 1. The molecule has 0 unspecified atom stereocenters. The van der Waals surface area contributed by atoms with Gasteiger partial charge in [0.2, 0.25) is 0 Å². The second-order valence-electron chi connectivity index (χ2n) is 3.47. The molecule has 1 rings (SSSR count). The van der Waals surface area contributed by atoms with Gasteiger partial charge in [0.1, 0.15) is 6.04 Å². The monoisotopic (exact) mass is 288 g/mol. The molecule has 0 aliphatic carbocycles. The highest BCUT2D eigenvalue weighted by Gasteiger charge is 2.18. The number of rotatable bonds is 4. The summed E-state index contributed by atoms with van der Waals surface area (Å²) in [6, 6.07) is 3.76. The van der Waals surface area contributed by atoms with Crippen LogP contribution in [0.15, 0.2) is 18.2 Å².